The van der Waals surface area contributed by atoms with Crippen LogP contribution in [0.5, 0.6) is 5.75 Å². The quantitative estimate of drug-likeness (QED) is 0.273. The molecule has 2 aromatic rings. The third-order valence-corrected chi connectivity index (χ3v) is 5.71. The van der Waals surface area contributed by atoms with E-state index < -0.39 is 12.1 Å². The molecule has 0 saturated carbocycles. The van der Waals surface area contributed by atoms with Crippen molar-refractivity contribution < 1.29 is 19.4 Å². The van der Waals surface area contributed by atoms with Gasteiger partial charge in [0, 0.05) is 27.5 Å². The number of aliphatic carboxylic acids is 1. The van der Waals surface area contributed by atoms with Crippen LogP contribution in [0.25, 0.3) is 0 Å². The van der Waals surface area contributed by atoms with E-state index in [9.17, 15) is 9.90 Å². The molecule has 0 radical (unpaired) electrons. The van der Waals surface area contributed by atoms with Crippen molar-refractivity contribution in [2.75, 3.05) is 13.2 Å². The summed E-state index contributed by atoms with van der Waals surface area (Å²) in [4.78, 5) is 11.3. The summed E-state index contributed by atoms with van der Waals surface area (Å²) in [6.45, 7) is 4.49. The highest BCUT2D eigenvalue weighted by atomic mass is 127. The Morgan fingerprint density at radius 2 is 1.93 bits per heavy atom. The third kappa shape index (κ3) is 8.42. The highest BCUT2D eigenvalue weighted by Crippen LogP contribution is 2.23. The number of hydrogen-bond acceptors (Lipinski definition) is 3. The van der Waals surface area contributed by atoms with Crippen LogP contribution in [0, 0.1) is 15.4 Å². The molecule has 1 unspecified atom stereocenters. The lowest BCUT2D eigenvalue weighted by atomic mass is 10.1. The van der Waals surface area contributed by atoms with Crippen molar-refractivity contribution in [2.24, 2.45) is 0 Å². The maximum Gasteiger partial charge on any atom is 0.333 e. The molecule has 0 aliphatic heterocycles. The molecule has 4 nitrogen and oxygen atoms in total. The zero-order valence-electron chi connectivity index (χ0n) is 16.5. The first kappa shape index (κ1) is 24.9. The summed E-state index contributed by atoms with van der Waals surface area (Å²) in [6, 6.07) is 11.5. The number of allylic oxidation sites excluding steroid dienone is 1. The van der Waals surface area contributed by atoms with E-state index in [1.54, 1.807) is 6.92 Å². The molecule has 0 aliphatic carbocycles. The van der Waals surface area contributed by atoms with Crippen molar-refractivity contribution >= 4 is 60.4 Å². The fourth-order valence-electron chi connectivity index (χ4n) is 2.53. The molecule has 0 amide bonds. The number of benzene rings is 2. The second-order valence-corrected chi connectivity index (χ2v) is 9.35. The number of carbonyl (C=O) groups is 1. The van der Waals surface area contributed by atoms with Crippen molar-refractivity contribution in [1.29, 1.82) is 0 Å². The van der Waals surface area contributed by atoms with Crippen LogP contribution in [-0.2, 0) is 16.0 Å². The van der Waals surface area contributed by atoms with Gasteiger partial charge in [-0.25, -0.2) is 4.79 Å². The van der Waals surface area contributed by atoms with Crippen LogP contribution in [0.4, 0.5) is 0 Å². The van der Waals surface area contributed by atoms with Crippen LogP contribution >= 0.6 is 54.5 Å². The molecule has 7 heteroatoms. The minimum atomic E-state index is -0.955. The molecule has 30 heavy (non-hydrogen) atoms. The van der Waals surface area contributed by atoms with Gasteiger partial charge in [0.25, 0.3) is 0 Å². The topological polar surface area (TPSA) is 55.8 Å². The Hall–Kier alpha value is -1.34. The summed E-state index contributed by atoms with van der Waals surface area (Å²) in [6.07, 6.45) is 1.41. The molecule has 0 saturated heterocycles. The van der Waals surface area contributed by atoms with E-state index in [2.05, 4.69) is 66.3 Å². The molecular weight excluding hydrogens is 627 g/mol. The zero-order chi connectivity index (χ0) is 22.1. The second kappa shape index (κ2) is 12.5. The zero-order valence-corrected chi connectivity index (χ0v) is 21.9. The Kier molecular flexibility index (Phi) is 10.4. The molecule has 0 aliphatic rings. The Morgan fingerprint density at radius 1 is 1.23 bits per heavy atom. The fourth-order valence-corrected chi connectivity index (χ4v) is 4.55. The first-order valence-corrected chi connectivity index (χ1v) is 11.9. The van der Waals surface area contributed by atoms with Gasteiger partial charge in [0.2, 0.25) is 0 Å². The third-order valence-electron chi connectivity index (χ3n) is 3.96. The lowest BCUT2D eigenvalue weighted by molar-refractivity contribution is -0.149. The van der Waals surface area contributed by atoms with Gasteiger partial charge < -0.3 is 14.6 Å². The van der Waals surface area contributed by atoms with Gasteiger partial charge in [-0.1, -0.05) is 49.8 Å². The van der Waals surface area contributed by atoms with Crippen LogP contribution in [-0.4, -0.2) is 30.4 Å². The Bertz CT molecular complexity index is 972. The minimum absolute atomic E-state index is 0.319. The number of halogens is 3. The van der Waals surface area contributed by atoms with Crippen molar-refractivity contribution in [3.8, 4) is 17.6 Å². The normalized spacial score (nSPS) is 12.1. The predicted molar refractivity (Wildman–Crippen MR) is 134 cm³/mol. The number of carboxylic acids is 1. The second-order valence-electron chi connectivity index (χ2n) is 6.36. The summed E-state index contributed by atoms with van der Waals surface area (Å²) < 4.78 is 14.0. The van der Waals surface area contributed by atoms with Gasteiger partial charge in [-0.15, -0.1) is 0 Å². The Labute approximate surface area is 207 Å². The first-order valence-electron chi connectivity index (χ1n) is 9.19. The Morgan fingerprint density at radius 3 is 2.53 bits per heavy atom. The molecule has 0 fully saturated rings. The average molecular weight is 648 g/mol. The fraction of sp³-hybridized carbons (Fsp3) is 0.261. The molecule has 0 bridgehead atoms. The van der Waals surface area contributed by atoms with E-state index in [0.29, 0.717) is 19.6 Å². The molecule has 1 N–H and O–H groups in total. The van der Waals surface area contributed by atoms with Gasteiger partial charge in [0.05, 0.1) is 3.57 Å². The monoisotopic (exact) mass is 646 g/mol. The number of ether oxygens (including phenoxy) is 2. The lowest BCUT2D eigenvalue weighted by Crippen LogP contribution is -2.26. The van der Waals surface area contributed by atoms with E-state index in [1.807, 2.05) is 49.4 Å². The van der Waals surface area contributed by atoms with Gasteiger partial charge in [-0.3, -0.25) is 0 Å². The maximum atomic E-state index is 11.3. The summed E-state index contributed by atoms with van der Waals surface area (Å²) in [7, 11) is 0. The van der Waals surface area contributed by atoms with Crippen LogP contribution in [0.1, 0.15) is 25.0 Å². The molecule has 1 atom stereocenters. The van der Waals surface area contributed by atoms with Crippen molar-refractivity contribution in [3.05, 3.63) is 71.7 Å². The van der Waals surface area contributed by atoms with E-state index in [4.69, 9.17) is 9.47 Å². The standard InChI is InChI=1S/C23H21Br2IO4/c1-3-29-22(23(27)28)13-17-6-7-21(20(26)12-17)30-9-8-15(2)4-5-16-10-18(24)14-19(25)11-16/h6-8,10-12,14,22H,3,9,13H2,1-2H3,(H,27,28). The molecule has 2 rings (SSSR count). The van der Waals surface area contributed by atoms with Crippen LogP contribution < -0.4 is 4.74 Å². The van der Waals surface area contributed by atoms with E-state index in [1.165, 1.54) is 0 Å². The molecule has 158 valence electrons. The van der Waals surface area contributed by atoms with Crippen molar-refractivity contribution in [1.82, 2.24) is 0 Å². The highest BCUT2D eigenvalue weighted by Gasteiger charge is 2.18. The first-order chi connectivity index (χ1) is 14.3. The van der Waals surface area contributed by atoms with Gasteiger partial charge >= 0.3 is 5.97 Å². The SMILES string of the molecule is CCOC(Cc1ccc(OCC=C(C)C#Cc2cc(Br)cc(Br)c2)c(I)c1)C(=O)O. The van der Waals surface area contributed by atoms with Crippen LogP contribution in [0.15, 0.2) is 57.0 Å². The van der Waals surface area contributed by atoms with E-state index in [0.717, 1.165) is 35.0 Å². The van der Waals surface area contributed by atoms with Crippen LogP contribution in [0.2, 0.25) is 0 Å². The van der Waals surface area contributed by atoms with E-state index >= 15 is 0 Å². The summed E-state index contributed by atoms with van der Waals surface area (Å²) in [5, 5.41) is 9.23. The largest absolute Gasteiger partial charge is 0.488 e. The van der Waals surface area contributed by atoms with E-state index in [-0.39, 0.29) is 0 Å². The smallest absolute Gasteiger partial charge is 0.333 e. The predicted octanol–water partition coefficient (Wildman–Crippen LogP) is 6.23. The van der Waals surface area contributed by atoms with Crippen LogP contribution in [0.3, 0.4) is 0 Å². The van der Waals surface area contributed by atoms with Crippen molar-refractivity contribution in [2.45, 2.75) is 26.4 Å². The molecule has 0 aromatic heterocycles. The average Bonchev–Trinajstić information content (AvgIpc) is 2.67. The maximum absolute atomic E-state index is 11.3. The summed E-state index contributed by atoms with van der Waals surface area (Å²) >= 11 is 9.10. The molecular formula is C23H21Br2IO4. The van der Waals surface area contributed by atoms with Gasteiger partial charge in [0.1, 0.15) is 12.4 Å². The molecule has 0 spiro atoms. The molecule has 0 heterocycles. The summed E-state index contributed by atoms with van der Waals surface area (Å²) in [5.41, 5.74) is 2.73. The van der Waals surface area contributed by atoms with Gasteiger partial charge in [0.15, 0.2) is 6.10 Å². The lowest BCUT2D eigenvalue weighted by Gasteiger charge is -2.13. The van der Waals surface area contributed by atoms with Gasteiger partial charge in [-0.2, -0.15) is 0 Å². The number of rotatable bonds is 8. The van der Waals surface area contributed by atoms with Gasteiger partial charge in [-0.05, 0) is 84.0 Å². The number of carboxylic acid groups (broad SMARTS) is 1. The highest BCUT2D eigenvalue weighted by molar-refractivity contribution is 14.1. The number of hydrogen-bond donors (Lipinski definition) is 1. The molecule has 2 aromatic carbocycles. The Balaban J connectivity index is 1.97. The van der Waals surface area contributed by atoms with Crippen molar-refractivity contribution in [3.63, 3.8) is 0 Å². The summed E-state index contributed by atoms with van der Waals surface area (Å²) in [5.74, 6) is 6.05. The minimum Gasteiger partial charge on any atom is -0.488 e.